The zero-order chi connectivity index (χ0) is 20.1. The molecule has 0 saturated heterocycles. The highest BCUT2D eigenvalue weighted by molar-refractivity contribution is 8.18. The fraction of sp³-hybridized carbons (Fsp3) is 0.278. The number of carbonyl (C=O) groups excluding carboxylic acids is 2. The lowest BCUT2D eigenvalue weighted by Gasteiger charge is -2.03. The number of hydrogen-bond acceptors (Lipinski definition) is 6. The van der Waals surface area contributed by atoms with Gasteiger partial charge in [-0.2, -0.15) is 0 Å². The maximum Gasteiger partial charge on any atom is 0.344 e. The molecule has 0 spiro atoms. The Labute approximate surface area is 170 Å². The van der Waals surface area contributed by atoms with Crippen LogP contribution in [0.4, 0.5) is 0 Å². The number of nitrogens with zero attached hydrogens (tertiary/aromatic N) is 1. The minimum Gasteiger partial charge on any atom is -0.506 e. The van der Waals surface area contributed by atoms with Crippen molar-refractivity contribution in [1.82, 2.24) is 0 Å². The summed E-state index contributed by atoms with van der Waals surface area (Å²) in [6.45, 7) is 3.58. The first-order valence-electron chi connectivity index (χ1n) is 8.08. The Hall–Kier alpha value is -1.96. The van der Waals surface area contributed by atoms with E-state index in [9.17, 15) is 19.8 Å². The van der Waals surface area contributed by atoms with E-state index in [0.29, 0.717) is 12.0 Å². The van der Waals surface area contributed by atoms with E-state index >= 15 is 0 Å². The van der Waals surface area contributed by atoms with Gasteiger partial charge in [0.05, 0.1) is 21.6 Å². The van der Waals surface area contributed by atoms with Crippen molar-refractivity contribution in [3.05, 3.63) is 44.0 Å². The molecule has 0 bridgehead atoms. The van der Waals surface area contributed by atoms with Crippen molar-refractivity contribution in [2.45, 2.75) is 26.7 Å². The largest absolute Gasteiger partial charge is 0.506 e. The molecular formula is C18H17Cl2NO5S. The molecule has 0 aliphatic carbocycles. The van der Waals surface area contributed by atoms with Gasteiger partial charge in [-0.25, -0.2) is 9.79 Å². The first kappa shape index (κ1) is 21.3. The Morgan fingerprint density at radius 3 is 2.41 bits per heavy atom. The van der Waals surface area contributed by atoms with Crippen LogP contribution in [0.1, 0.15) is 32.3 Å². The lowest BCUT2D eigenvalue weighted by atomic mass is 10.1. The Balaban J connectivity index is 2.49. The van der Waals surface area contributed by atoms with Gasteiger partial charge in [-0.05, 0) is 37.1 Å². The van der Waals surface area contributed by atoms with E-state index in [0.717, 1.165) is 11.8 Å². The van der Waals surface area contributed by atoms with E-state index in [4.69, 9.17) is 27.9 Å². The van der Waals surface area contributed by atoms with Crippen molar-refractivity contribution in [1.29, 1.82) is 0 Å². The number of aromatic hydroxyl groups is 1. The van der Waals surface area contributed by atoms with Crippen molar-refractivity contribution in [3.63, 3.8) is 0 Å². The molecule has 2 rings (SSSR count). The molecule has 6 nitrogen and oxygen atoms in total. The Bertz CT molecular complexity index is 853. The van der Waals surface area contributed by atoms with Gasteiger partial charge in [-0.1, -0.05) is 41.9 Å². The predicted octanol–water partition coefficient (Wildman–Crippen LogP) is 4.89. The number of phenols is 1. The number of rotatable bonds is 5. The third kappa shape index (κ3) is 5.06. The number of aliphatic imine (C=N–C) groups is 1. The van der Waals surface area contributed by atoms with Crippen LogP contribution < -0.4 is 0 Å². The highest BCUT2D eigenvalue weighted by atomic mass is 35.5. The molecule has 1 aromatic carbocycles. The van der Waals surface area contributed by atoms with Crippen molar-refractivity contribution in [2.75, 3.05) is 6.61 Å². The number of benzene rings is 1. The molecule has 0 atom stereocenters. The molecule has 0 saturated carbocycles. The Morgan fingerprint density at radius 2 is 1.85 bits per heavy atom. The molecule has 27 heavy (non-hydrogen) atoms. The maximum absolute atomic E-state index is 12.2. The molecule has 0 aromatic heterocycles. The number of carbonyl (C=O) groups is 2. The smallest absolute Gasteiger partial charge is 0.344 e. The Kier molecular flexibility index (Phi) is 7.35. The first-order chi connectivity index (χ1) is 12.8. The summed E-state index contributed by atoms with van der Waals surface area (Å²) in [5, 5.41) is 20.3. The summed E-state index contributed by atoms with van der Waals surface area (Å²) in [6.07, 6.45) is 2.35. The van der Waals surface area contributed by atoms with Crippen LogP contribution in [0.5, 0.6) is 5.75 Å². The SMILES string of the molecule is CCCC(=O)N=C1S/C(=C\c2cc(Cl)c(O)c(Cl)c2)C(O)=C1C(=O)OCC. The van der Waals surface area contributed by atoms with Gasteiger partial charge < -0.3 is 14.9 Å². The number of ether oxygens (including phenoxy) is 1. The van der Waals surface area contributed by atoms with E-state index in [2.05, 4.69) is 4.99 Å². The minimum absolute atomic E-state index is 0.0402. The van der Waals surface area contributed by atoms with E-state index in [1.54, 1.807) is 6.92 Å². The van der Waals surface area contributed by atoms with Gasteiger partial charge in [0.15, 0.2) is 5.75 Å². The summed E-state index contributed by atoms with van der Waals surface area (Å²) in [7, 11) is 0. The number of hydrogen-bond donors (Lipinski definition) is 2. The first-order valence-corrected chi connectivity index (χ1v) is 9.65. The summed E-state index contributed by atoms with van der Waals surface area (Å²) in [6, 6.07) is 2.90. The summed E-state index contributed by atoms with van der Waals surface area (Å²) < 4.78 is 4.96. The number of esters is 1. The van der Waals surface area contributed by atoms with Gasteiger partial charge in [0, 0.05) is 6.42 Å². The fourth-order valence-corrected chi connectivity index (χ4v) is 3.73. The van der Waals surface area contributed by atoms with Gasteiger partial charge in [0.1, 0.15) is 16.4 Å². The van der Waals surface area contributed by atoms with Crippen LogP contribution >= 0.6 is 35.0 Å². The third-order valence-electron chi connectivity index (χ3n) is 3.40. The fourth-order valence-electron chi connectivity index (χ4n) is 2.19. The average molecular weight is 430 g/mol. The number of phenolic OH excluding ortho intramolecular Hbond substituents is 1. The number of thioether (sulfide) groups is 1. The number of aliphatic hydroxyl groups is 1. The van der Waals surface area contributed by atoms with E-state index in [-0.39, 0.29) is 50.1 Å². The van der Waals surface area contributed by atoms with Crippen LogP contribution in [0.2, 0.25) is 10.0 Å². The second kappa shape index (κ2) is 9.30. The van der Waals surface area contributed by atoms with Gasteiger partial charge in [0.2, 0.25) is 5.91 Å². The molecule has 0 unspecified atom stereocenters. The molecule has 0 radical (unpaired) electrons. The highest BCUT2D eigenvalue weighted by Crippen LogP contribution is 2.40. The van der Waals surface area contributed by atoms with Crippen molar-refractivity contribution < 1.29 is 24.5 Å². The number of aliphatic hydroxyl groups excluding tert-OH is 1. The normalized spacial score (nSPS) is 17.0. The molecule has 2 N–H and O–H groups in total. The monoisotopic (exact) mass is 429 g/mol. The quantitative estimate of drug-likeness (QED) is 0.646. The molecular weight excluding hydrogens is 413 g/mol. The molecule has 1 aliphatic rings. The maximum atomic E-state index is 12.2. The lowest BCUT2D eigenvalue weighted by Crippen LogP contribution is -2.14. The molecule has 1 aliphatic heterocycles. The van der Waals surface area contributed by atoms with E-state index in [1.165, 1.54) is 18.2 Å². The number of amides is 1. The zero-order valence-electron chi connectivity index (χ0n) is 14.6. The highest BCUT2D eigenvalue weighted by Gasteiger charge is 2.33. The van der Waals surface area contributed by atoms with Crippen LogP contribution in [-0.2, 0) is 14.3 Å². The molecule has 1 amide bonds. The minimum atomic E-state index is -0.768. The van der Waals surface area contributed by atoms with Crippen molar-refractivity contribution in [2.24, 2.45) is 4.99 Å². The van der Waals surface area contributed by atoms with Crippen molar-refractivity contribution >= 4 is 58.0 Å². The predicted molar refractivity (Wildman–Crippen MR) is 107 cm³/mol. The summed E-state index contributed by atoms with van der Waals surface area (Å²) in [4.78, 5) is 28.3. The van der Waals surface area contributed by atoms with Crippen LogP contribution in [0, 0.1) is 0 Å². The summed E-state index contributed by atoms with van der Waals surface area (Å²) in [5.74, 6) is -1.76. The molecule has 9 heteroatoms. The van der Waals surface area contributed by atoms with Gasteiger partial charge in [0.25, 0.3) is 0 Å². The topological polar surface area (TPSA) is 96.2 Å². The van der Waals surface area contributed by atoms with E-state index < -0.39 is 11.9 Å². The summed E-state index contributed by atoms with van der Waals surface area (Å²) in [5.41, 5.74) is 0.328. The second-order valence-corrected chi connectivity index (χ2v) is 7.29. The second-order valence-electron chi connectivity index (χ2n) is 5.45. The zero-order valence-corrected chi connectivity index (χ0v) is 16.9. The van der Waals surface area contributed by atoms with Crippen molar-refractivity contribution in [3.8, 4) is 5.75 Å². The van der Waals surface area contributed by atoms with Crippen LogP contribution in [0.3, 0.4) is 0 Å². The molecule has 144 valence electrons. The average Bonchev–Trinajstić information content (AvgIpc) is 2.88. The van der Waals surface area contributed by atoms with Crippen LogP contribution in [-0.4, -0.2) is 33.7 Å². The van der Waals surface area contributed by atoms with Crippen LogP contribution in [0.25, 0.3) is 6.08 Å². The van der Waals surface area contributed by atoms with Crippen LogP contribution in [0.15, 0.2) is 33.4 Å². The standard InChI is InChI=1S/C18H17Cl2NO5S/c1-3-5-13(22)21-17-14(18(25)26-4-2)16(24)12(27-17)8-9-6-10(19)15(23)11(20)7-9/h6-8,23-24H,3-5H2,1-2H3/b12-8-,21-17?. The summed E-state index contributed by atoms with van der Waals surface area (Å²) >= 11 is 12.8. The molecule has 1 heterocycles. The van der Waals surface area contributed by atoms with Gasteiger partial charge in [-0.3, -0.25) is 4.79 Å². The Morgan fingerprint density at radius 1 is 1.22 bits per heavy atom. The number of halogens is 2. The van der Waals surface area contributed by atoms with E-state index in [1.807, 2.05) is 6.92 Å². The van der Waals surface area contributed by atoms with Gasteiger partial charge >= 0.3 is 5.97 Å². The lowest BCUT2D eigenvalue weighted by molar-refractivity contribution is -0.138. The van der Waals surface area contributed by atoms with Gasteiger partial charge in [-0.15, -0.1) is 0 Å². The molecule has 0 fully saturated rings. The molecule has 1 aromatic rings. The third-order valence-corrected chi connectivity index (χ3v) is 4.99.